The van der Waals surface area contributed by atoms with Crippen molar-refractivity contribution in [3.05, 3.63) is 17.5 Å². The third-order valence-corrected chi connectivity index (χ3v) is 4.46. The van der Waals surface area contributed by atoms with Crippen molar-refractivity contribution in [1.29, 1.82) is 0 Å². The van der Waals surface area contributed by atoms with E-state index in [2.05, 4.69) is 17.4 Å². The number of hydrogen-bond acceptors (Lipinski definition) is 5. The van der Waals surface area contributed by atoms with Crippen LogP contribution in [0.25, 0.3) is 0 Å². The van der Waals surface area contributed by atoms with Crippen molar-refractivity contribution >= 4 is 5.91 Å². The highest BCUT2D eigenvalue weighted by Crippen LogP contribution is 2.35. The number of likely N-dealkylation sites (tertiary alicyclic amines) is 1. The van der Waals surface area contributed by atoms with Gasteiger partial charge in [0.1, 0.15) is 6.61 Å². The van der Waals surface area contributed by atoms with Gasteiger partial charge in [0.05, 0.1) is 0 Å². The molecule has 1 aromatic heterocycles. The van der Waals surface area contributed by atoms with Gasteiger partial charge in [0.15, 0.2) is 11.5 Å². The molecule has 20 heavy (non-hydrogen) atoms. The van der Waals surface area contributed by atoms with Crippen LogP contribution in [0.5, 0.6) is 0 Å². The van der Waals surface area contributed by atoms with Gasteiger partial charge < -0.3 is 19.5 Å². The number of aromatic nitrogens is 1. The molecule has 3 unspecified atom stereocenters. The number of methoxy groups -OCH3 is 1. The summed E-state index contributed by atoms with van der Waals surface area (Å²) < 4.78 is 10.1. The molecule has 2 fully saturated rings. The maximum atomic E-state index is 12.6. The molecular weight excluding hydrogens is 258 g/mol. The quantitative estimate of drug-likeness (QED) is 0.886. The Morgan fingerprint density at radius 2 is 2.45 bits per heavy atom. The second kappa shape index (κ2) is 5.54. The molecular formula is C14H21N3O3. The first kappa shape index (κ1) is 13.6. The molecule has 0 aliphatic carbocycles. The maximum Gasteiger partial charge on any atom is 0.276 e. The molecule has 2 aliphatic rings. The van der Waals surface area contributed by atoms with E-state index >= 15 is 0 Å². The van der Waals surface area contributed by atoms with Crippen molar-refractivity contribution < 1.29 is 14.1 Å². The summed E-state index contributed by atoms with van der Waals surface area (Å²) in [5.74, 6) is 1.73. The van der Waals surface area contributed by atoms with E-state index in [0.29, 0.717) is 35.9 Å². The predicted molar refractivity (Wildman–Crippen MR) is 72.2 cm³/mol. The number of rotatable bonds is 4. The van der Waals surface area contributed by atoms with Crippen molar-refractivity contribution in [2.24, 2.45) is 11.8 Å². The molecule has 2 saturated heterocycles. The normalized spacial score (nSPS) is 28.9. The highest BCUT2D eigenvalue weighted by molar-refractivity contribution is 5.92. The van der Waals surface area contributed by atoms with Gasteiger partial charge in [-0.05, 0) is 18.3 Å². The van der Waals surface area contributed by atoms with E-state index in [4.69, 9.17) is 9.26 Å². The molecule has 3 rings (SSSR count). The second-order valence-corrected chi connectivity index (χ2v) is 5.63. The molecule has 1 amide bonds. The molecule has 6 heteroatoms. The molecule has 2 aliphatic heterocycles. The molecule has 1 N–H and O–H groups in total. The van der Waals surface area contributed by atoms with Gasteiger partial charge in [0.25, 0.3) is 5.91 Å². The predicted octanol–water partition coefficient (Wildman–Crippen LogP) is 0.891. The Hall–Kier alpha value is -1.40. The monoisotopic (exact) mass is 279 g/mol. The Balaban J connectivity index is 1.75. The summed E-state index contributed by atoms with van der Waals surface area (Å²) in [4.78, 5) is 14.6. The fourth-order valence-electron chi connectivity index (χ4n) is 3.55. The number of hydrogen-bond donors (Lipinski definition) is 1. The molecule has 1 aromatic rings. The maximum absolute atomic E-state index is 12.6. The van der Waals surface area contributed by atoms with Crippen LogP contribution in [0.2, 0.25) is 0 Å². The molecule has 110 valence electrons. The number of nitrogens with zero attached hydrogens (tertiary/aromatic N) is 2. The molecule has 0 bridgehead atoms. The van der Waals surface area contributed by atoms with E-state index in [1.807, 2.05) is 4.90 Å². The Bertz CT molecular complexity index is 488. The third kappa shape index (κ3) is 2.23. The van der Waals surface area contributed by atoms with E-state index in [0.717, 1.165) is 26.1 Å². The topological polar surface area (TPSA) is 67.6 Å². The zero-order valence-corrected chi connectivity index (χ0v) is 12.0. The average Bonchev–Trinajstić information content (AvgIpc) is 3.12. The van der Waals surface area contributed by atoms with Crippen LogP contribution in [0.4, 0.5) is 0 Å². The van der Waals surface area contributed by atoms with Gasteiger partial charge >= 0.3 is 0 Å². The Kier molecular flexibility index (Phi) is 3.76. The number of carbonyl (C=O) groups is 1. The highest BCUT2D eigenvalue weighted by atomic mass is 16.5. The van der Waals surface area contributed by atoms with Crippen molar-refractivity contribution in [3.63, 3.8) is 0 Å². The van der Waals surface area contributed by atoms with E-state index in [-0.39, 0.29) is 5.91 Å². The van der Waals surface area contributed by atoms with Gasteiger partial charge in [-0.25, -0.2) is 0 Å². The summed E-state index contributed by atoms with van der Waals surface area (Å²) in [6, 6.07) is 2.00. The standard InChI is InChI=1S/C14H21N3O3/c1-3-13-11-6-15-5-9(11)7-17(13)14(18)12-4-10(8-19-2)20-16-12/h4,9,11,13,15H,3,5-8H2,1-2H3. The lowest BCUT2D eigenvalue weighted by molar-refractivity contribution is 0.0700. The summed E-state index contributed by atoms with van der Waals surface area (Å²) in [5, 5.41) is 7.30. The Morgan fingerprint density at radius 1 is 1.60 bits per heavy atom. The number of nitrogens with one attached hydrogen (secondary N) is 1. The Morgan fingerprint density at radius 3 is 3.20 bits per heavy atom. The lowest BCUT2D eigenvalue weighted by atomic mass is 9.93. The van der Waals surface area contributed by atoms with Crippen LogP contribution in [0, 0.1) is 11.8 Å². The first-order valence-corrected chi connectivity index (χ1v) is 7.20. The van der Waals surface area contributed by atoms with Crippen molar-refractivity contribution in [2.45, 2.75) is 26.0 Å². The molecule has 0 saturated carbocycles. The minimum absolute atomic E-state index is 0.0163. The number of fused-ring (bicyclic) bond motifs is 1. The molecule has 6 nitrogen and oxygen atoms in total. The number of ether oxygens (including phenoxy) is 1. The lowest BCUT2D eigenvalue weighted by Gasteiger charge is -2.26. The van der Waals surface area contributed by atoms with Crippen LogP contribution in [-0.2, 0) is 11.3 Å². The van der Waals surface area contributed by atoms with Crippen molar-refractivity contribution in [3.8, 4) is 0 Å². The van der Waals surface area contributed by atoms with Crippen LogP contribution in [0.1, 0.15) is 29.6 Å². The van der Waals surface area contributed by atoms with Crippen LogP contribution < -0.4 is 5.32 Å². The van der Waals surface area contributed by atoms with Gasteiger partial charge in [-0.1, -0.05) is 12.1 Å². The first-order valence-electron chi connectivity index (χ1n) is 7.20. The highest BCUT2D eigenvalue weighted by Gasteiger charge is 2.45. The van der Waals surface area contributed by atoms with Gasteiger partial charge in [-0.2, -0.15) is 0 Å². The van der Waals surface area contributed by atoms with E-state index < -0.39 is 0 Å². The lowest BCUT2D eigenvalue weighted by Crippen LogP contribution is -2.39. The minimum atomic E-state index is -0.0163. The third-order valence-electron chi connectivity index (χ3n) is 4.46. The summed E-state index contributed by atoms with van der Waals surface area (Å²) in [7, 11) is 1.59. The molecule has 3 atom stereocenters. The first-order chi connectivity index (χ1) is 9.74. The van der Waals surface area contributed by atoms with Gasteiger partial charge in [-0.15, -0.1) is 0 Å². The fourth-order valence-corrected chi connectivity index (χ4v) is 3.55. The van der Waals surface area contributed by atoms with Gasteiger partial charge in [0.2, 0.25) is 0 Å². The zero-order chi connectivity index (χ0) is 14.1. The van der Waals surface area contributed by atoms with Gasteiger partial charge in [0, 0.05) is 38.9 Å². The summed E-state index contributed by atoms with van der Waals surface area (Å²) in [6.45, 7) is 5.33. The van der Waals surface area contributed by atoms with Crippen molar-refractivity contribution in [1.82, 2.24) is 15.4 Å². The van der Waals surface area contributed by atoms with Crippen LogP contribution >= 0.6 is 0 Å². The number of carbonyl (C=O) groups excluding carboxylic acids is 1. The summed E-state index contributed by atoms with van der Waals surface area (Å²) >= 11 is 0. The summed E-state index contributed by atoms with van der Waals surface area (Å²) in [5.41, 5.74) is 0.392. The van der Waals surface area contributed by atoms with Crippen molar-refractivity contribution in [2.75, 3.05) is 26.7 Å². The zero-order valence-electron chi connectivity index (χ0n) is 12.0. The van der Waals surface area contributed by atoms with Crippen LogP contribution in [0.15, 0.2) is 10.6 Å². The summed E-state index contributed by atoms with van der Waals surface area (Å²) in [6.07, 6.45) is 0.983. The molecule has 3 heterocycles. The van der Waals surface area contributed by atoms with Crippen LogP contribution in [-0.4, -0.2) is 48.7 Å². The molecule has 0 radical (unpaired) electrons. The van der Waals surface area contributed by atoms with Crippen LogP contribution in [0.3, 0.4) is 0 Å². The smallest absolute Gasteiger partial charge is 0.276 e. The van der Waals surface area contributed by atoms with E-state index in [1.165, 1.54) is 0 Å². The molecule has 0 aromatic carbocycles. The van der Waals surface area contributed by atoms with Gasteiger partial charge in [-0.3, -0.25) is 4.79 Å². The minimum Gasteiger partial charge on any atom is -0.377 e. The Labute approximate surface area is 118 Å². The number of amides is 1. The molecule has 0 spiro atoms. The fraction of sp³-hybridized carbons (Fsp3) is 0.714. The average molecular weight is 279 g/mol. The van der Waals surface area contributed by atoms with E-state index in [9.17, 15) is 4.79 Å². The second-order valence-electron chi connectivity index (χ2n) is 5.63. The van der Waals surface area contributed by atoms with E-state index in [1.54, 1.807) is 13.2 Å². The SMILES string of the molecule is CCC1C2CNCC2CN1C(=O)c1cc(COC)on1. The largest absolute Gasteiger partial charge is 0.377 e.